The fourth-order valence-electron chi connectivity index (χ4n) is 3.55. The fourth-order valence-corrected chi connectivity index (χ4v) is 3.55. The molecule has 6 heteroatoms. The molecule has 2 unspecified atom stereocenters. The molecule has 5 nitrogen and oxygen atoms in total. The lowest BCUT2D eigenvalue weighted by molar-refractivity contribution is -0.122. The Labute approximate surface area is 152 Å². The summed E-state index contributed by atoms with van der Waals surface area (Å²) in [5, 5.41) is 3.00. The molecule has 1 amide bonds. The van der Waals surface area contributed by atoms with Gasteiger partial charge in [0.1, 0.15) is 11.6 Å². The summed E-state index contributed by atoms with van der Waals surface area (Å²) in [6.07, 6.45) is 2.47. The quantitative estimate of drug-likeness (QED) is 0.895. The first-order chi connectivity index (χ1) is 12.7. The van der Waals surface area contributed by atoms with Crippen LogP contribution in [0.3, 0.4) is 0 Å². The standard InChI is InChI=1S/C20H22FN3O2/c21-18-6-2-1-5-15(18)16-12-17(16)20(25)23-13-14-4-3-7-22-19(14)24-8-10-26-11-9-24/h1-7,16-17H,8-13H2,(H,23,25). The van der Waals surface area contributed by atoms with Crippen molar-refractivity contribution in [3.8, 4) is 0 Å². The number of halogens is 1. The van der Waals surface area contributed by atoms with Gasteiger partial charge in [-0.1, -0.05) is 24.3 Å². The number of pyridine rings is 1. The Balaban J connectivity index is 1.38. The number of benzene rings is 1. The number of carbonyl (C=O) groups is 1. The first-order valence-corrected chi connectivity index (χ1v) is 9.03. The predicted octanol–water partition coefficient (Wildman–Crippen LogP) is 2.48. The molecule has 1 aromatic carbocycles. The number of morpholine rings is 1. The minimum Gasteiger partial charge on any atom is -0.378 e. The number of nitrogens with zero attached hydrogens (tertiary/aromatic N) is 2. The van der Waals surface area contributed by atoms with Crippen LogP contribution in [0.15, 0.2) is 42.6 Å². The van der Waals surface area contributed by atoms with E-state index in [2.05, 4.69) is 15.2 Å². The van der Waals surface area contributed by atoms with E-state index in [4.69, 9.17) is 4.74 Å². The molecule has 2 aromatic rings. The highest BCUT2D eigenvalue weighted by Gasteiger charge is 2.45. The van der Waals surface area contributed by atoms with Gasteiger partial charge in [-0.3, -0.25) is 4.79 Å². The highest BCUT2D eigenvalue weighted by atomic mass is 19.1. The number of rotatable bonds is 5. The molecule has 1 saturated carbocycles. The summed E-state index contributed by atoms with van der Waals surface area (Å²) < 4.78 is 19.3. The summed E-state index contributed by atoms with van der Waals surface area (Å²) in [6.45, 7) is 3.41. The van der Waals surface area contributed by atoms with Crippen molar-refractivity contribution in [1.29, 1.82) is 0 Å². The molecule has 0 spiro atoms. The van der Waals surface area contributed by atoms with E-state index in [0.29, 0.717) is 31.7 Å². The van der Waals surface area contributed by atoms with E-state index in [1.807, 2.05) is 18.2 Å². The zero-order valence-electron chi connectivity index (χ0n) is 14.5. The summed E-state index contributed by atoms with van der Waals surface area (Å²) >= 11 is 0. The minimum atomic E-state index is -0.227. The lowest BCUT2D eigenvalue weighted by atomic mass is 10.1. The van der Waals surface area contributed by atoms with Gasteiger partial charge in [0, 0.05) is 37.3 Å². The molecule has 2 fully saturated rings. The van der Waals surface area contributed by atoms with Crippen LogP contribution in [0.5, 0.6) is 0 Å². The van der Waals surface area contributed by atoms with Gasteiger partial charge < -0.3 is 15.0 Å². The number of carbonyl (C=O) groups excluding carboxylic acids is 1. The SMILES string of the molecule is O=C(NCc1cccnc1N1CCOCC1)C1CC1c1ccccc1F. The van der Waals surface area contributed by atoms with Crippen molar-refractivity contribution < 1.29 is 13.9 Å². The number of ether oxygens (including phenoxy) is 1. The van der Waals surface area contributed by atoms with E-state index in [-0.39, 0.29) is 23.6 Å². The Kier molecular flexibility index (Phi) is 4.84. The highest BCUT2D eigenvalue weighted by molar-refractivity contribution is 5.83. The second-order valence-corrected chi connectivity index (χ2v) is 6.77. The molecule has 2 heterocycles. The molecule has 136 valence electrons. The third-order valence-electron chi connectivity index (χ3n) is 5.06. The monoisotopic (exact) mass is 355 g/mol. The van der Waals surface area contributed by atoms with Crippen LogP contribution in [-0.2, 0) is 16.1 Å². The molecule has 1 aliphatic heterocycles. The Morgan fingerprint density at radius 2 is 2.04 bits per heavy atom. The number of hydrogen-bond donors (Lipinski definition) is 1. The van der Waals surface area contributed by atoms with Gasteiger partial charge in [0.25, 0.3) is 0 Å². The van der Waals surface area contributed by atoms with Crippen molar-refractivity contribution in [2.75, 3.05) is 31.2 Å². The van der Waals surface area contributed by atoms with Gasteiger partial charge >= 0.3 is 0 Å². The first kappa shape index (κ1) is 17.0. The molecule has 1 aliphatic carbocycles. The first-order valence-electron chi connectivity index (χ1n) is 9.03. The second-order valence-electron chi connectivity index (χ2n) is 6.77. The van der Waals surface area contributed by atoms with Crippen molar-refractivity contribution in [3.05, 3.63) is 59.5 Å². The third kappa shape index (κ3) is 3.55. The van der Waals surface area contributed by atoms with Crippen LogP contribution in [0, 0.1) is 11.7 Å². The summed E-state index contributed by atoms with van der Waals surface area (Å²) in [7, 11) is 0. The molecule has 0 bridgehead atoms. The van der Waals surface area contributed by atoms with E-state index in [1.54, 1.807) is 18.3 Å². The van der Waals surface area contributed by atoms with Crippen molar-refractivity contribution in [2.45, 2.75) is 18.9 Å². The maximum Gasteiger partial charge on any atom is 0.224 e. The van der Waals surface area contributed by atoms with Gasteiger partial charge in [-0.2, -0.15) is 0 Å². The van der Waals surface area contributed by atoms with E-state index in [1.165, 1.54) is 6.07 Å². The van der Waals surface area contributed by atoms with Gasteiger partial charge in [0.05, 0.1) is 13.2 Å². The fraction of sp³-hybridized carbons (Fsp3) is 0.400. The van der Waals surface area contributed by atoms with Crippen LogP contribution in [0.25, 0.3) is 0 Å². The Hall–Kier alpha value is -2.47. The van der Waals surface area contributed by atoms with Crippen molar-refractivity contribution in [2.24, 2.45) is 5.92 Å². The maximum absolute atomic E-state index is 13.9. The Bertz CT molecular complexity index is 792. The normalized spacial score (nSPS) is 22.1. The zero-order chi connectivity index (χ0) is 17.9. The Morgan fingerprint density at radius 1 is 1.23 bits per heavy atom. The molecule has 1 aromatic heterocycles. The average Bonchev–Trinajstić information content (AvgIpc) is 3.48. The average molecular weight is 355 g/mol. The van der Waals surface area contributed by atoms with Gasteiger partial charge in [-0.05, 0) is 30.0 Å². The molecule has 2 aliphatic rings. The van der Waals surface area contributed by atoms with Crippen LogP contribution in [0.2, 0.25) is 0 Å². The molecule has 1 N–H and O–H groups in total. The second kappa shape index (κ2) is 7.41. The number of nitrogens with one attached hydrogen (secondary N) is 1. The molecule has 1 saturated heterocycles. The van der Waals surface area contributed by atoms with Gasteiger partial charge in [0.2, 0.25) is 5.91 Å². The maximum atomic E-state index is 13.9. The van der Waals surface area contributed by atoms with Crippen LogP contribution in [0.1, 0.15) is 23.5 Å². The number of hydrogen-bond acceptors (Lipinski definition) is 4. The van der Waals surface area contributed by atoms with Crippen molar-refractivity contribution in [3.63, 3.8) is 0 Å². The molecule has 0 radical (unpaired) electrons. The van der Waals surface area contributed by atoms with Gasteiger partial charge in [-0.25, -0.2) is 9.37 Å². The van der Waals surface area contributed by atoms with Crippen LogP contribution in [-0.4, -0.2) is 37.2 Å². The van der Waals surface area contributed by atoms with Crippen LogP contribution < -0.4 is 10.2 Å². The van der Waals surface area contributed by atoms with Crippen molar-refractivity contribution >= 4 is 11.7 Å². The molecular formula is C20H22FN3O2. The van der Waals surface area contributed by atoms with Gasteiger partial charge in [0.15, 0.2) is 0 Å². The summed E-state index contributed by atoms with van der Waals surface area (Å²) in [5.41, 5.74) is 1.63. The largest absolute Gasteiger partial charge is 0.378 e. The van der Waals surface area contributed by atoms with E-state index < -0.39 is 0 Å². The van der Waals surface area contributed by atoms with Crippen molar-refractivity contribution in [1.82, 2.24) is 10.3 Å². The number of aromatic nitrogens is 1. The summed E-state index contributed by atoms with van der Waals surface area (Å²) in [5.74, 6) is 0.501. The molecular weight excluding hydrogens is 333 g/mol. The topological polar surface area (TPSA) is 54.5 Å². The summed E-state index contributed by atoms with van der Waals surface area (Å²) in [6, 6.07) is 10.6. The van der Waals surface area contributed by atoms with Crippen LogP contribution >= 0.6 is 0 Å². The summed E-state index contributed by atoms with van der Waals surface area (Å²) in [4.78, 5) is 19.1. The van der Waals surface area contributed by atoms with Gasteiger partial charge in [-0.15, -0.1) is 0 Å². The lowest BCUT2D eigenvalue weighted by Crippen LogP contribution is -2.38. The molecule has 4 rings (SSSR count). The Morgan fingerprint density at radius 3 is 2.85 bits per heavy atom. The van der Waals surface area contributed by atoms with E-state index >= 15 is 0 Å². The smallest absolute Gasteiger partial charge is 0.224 e. The number of amides is 1. The number of anilines is 1. The third-order valence-corrected chi connectivity index (χ3v) is 5.06. The molecule has 26 heavy (non-hydrogen) atoms. The lowest BCUT2D eigenvalue weighted by Gasteiger charge is -2.29. The van der Waals surface area contributed by atoms with E-state index in [9.17, 15) is 9.18 Å². The predicted molar refractivity (Wildman–Crippen MR) is 96.4 cm³/mol. The zero-order valence-corrected chi connectivity index (χ0v) is 14.5. The minimum absolute atomic E-state index is 0.0104. The molecule has 2 atom stereocenters. The highest BCUT2D eigenvalue weighted by Crippen LogP contribution is 2.48. The van der Waals surface area contributed by atoms with E-state index in [0.717, 1.165) is 24.5 Å². The van der Waals surface area contributed by atoms with Crippen LogP contribution in [0.4, 0.5) is 10.2 Å².